The van der Waals surface area contributed by atoms with Crippen molar-refractivity contribution in [1.29, 1.82) is 0 Å². The lowest BCUT2D eigenvalue weighted by Gasteiger charge is -2.23. The van der Waals surface area contributed by atoms with Crippen molar-refractivity contribution < 1.29 is 0 Å². The smallest absolute Gasteiger partial charge is 0.163 e. The summed E-state index contributed by atoms with van der Waals surface area (Å²) in [6.07, 6.45) is 1.93. The predicted molar refractivity (Wildman–Crippen MR) is 100 cm³/mol. The quantitative estimate of drug-likeness (QED) is 0.762. The van der Waals surface area contributed by atoms with Crippen LogP contribution in [0.4, 0.5) is 0 Å². The van der Waals surface area contributed by atoms with E-state index in [0.717, 1.165) is 5.59 Å². The Morgan fingerprint density at radius 1 is 0.818 bits per heavy atom. The molecule has 0 aliphatic rings. The zero-order valence-corrected chi connectivity index (χ0v) is 15.1. The third-order valence-corrected chi connectivity index (χ3v) is 4.32. The van der Waals surface area contributed by atoms with Crippen molar-refractivity contribution in [2.24, 2.45) is 0 Å². The van der Waals surface area contributed by atoms with Gasteiger partial charge in [0.2, 0.25) is 0 Å². The first-order valence-corrected chi connectivity index (χ1v) is 8.42. The van der Waals surface area contributed by atoms with Gasteiger partial charge in [0.15, 0.2) is 7.85 Å². The van der Waals surface area contributed by atoms with Gasteiger partial charge in [-0.25, -0.2) is 0 Å². The van der Waals surface area contributed by atoms with E-state index < -0.39 is 0 Å². The van der Waals surface area contributed by atoms with E-state index in [1.807, 2.05) is 6.20 Å². The second-order valence-electron chi connectivity index (χ2n) is 7.22. The highest BCUT2D eigenvalue weighted by Crippen LogP contribution is 2.38. The van der Waals surface area contributed by atoms with Crippen LogP contribution in [-0.2, 0) is 0 Å². The summed E-state index contributed by atoms with van der Waals surface area (Å²) in [5, 5.41) is 0. The van der Waals surface area contributed by atoms with E-state index in [0.29, 0.717) is 17.8 Å². The van der Waals surface area contributed by atoms with Crippen molar-refractivity contribution in [3.63, 3.8) is 0 Å². The third kappa shape index (κ3) is 3.43. The molecule has 0 atom stereocenters. The fourth-order valence-electron chi connectivity index (χ4n) is 2.99. The van der Waals surface area contributed by atoms with Gasteiger partial charge in [-0.15, -0.1) is 0 Å². The Labute approximate surface area is 136 Å². The molecule has 0 amide bonds. The second kappa shape index (κ2) is 6.68. The van der Waals surface area contributed by atoms with E-state index in [4.69, 9.17) is 0 Å². The van der Waals surface area contributed by atoms with Crippen LogP contribution in [0, 0.1) is 0 Å². The molecule has 0 saturated heterocycles. The van der Waals surface area contributed by atoms with E-state index in [9.17, 15) is 0 Å². The van der Waals surface area contributed by atoms with E-state index in [1.54, 1.807) is 0 Å². The molecule has 0 saturated carbocycles. The number of rotatable bonds is 4. The molecule has 1 nitrogen and oxygen atoms in total. The maximum Gasteiger partial charge on any atom is 0.163 e. The Bertz CT molecular complexity index is 628. The van der Waals surface area contributed by atoms with Gasteiger partial charge in [0, 0.05) is 6.20 Å². The van der Waals surface area contributed by atoms with Crippen LogP contribution < -0.4 is 5.59 Å². The summed E-state index contributed by atoms with van der Waals surface area (Å²) < 4.78 is 0. The Hall–Kier alpha value is -1.57. The van der Waals surface area contributed by atoms with Crippen LogP contribution in [0.3, 0.4) is 0 Å². The van der Waals surface area contributed by atoms with Crippen molar-refractivity contribution in [2.75, 3.05) is 0 Å². The Morgan fingerprint density at radius 2 is 1.36 bits per heavy atom. The summed E-state index contributed by atoms with van der Waals surface area (Å²) in [6, 6.07) is 9.18. The van der Waals surface area contributed by atoms with Gasteiger partial charge in [0.25, 0.3) is 0 Å². The average molecular weight is 293 g/mol. The second-order valence-corrected chi connectivity index (χ2v) is 7.22. The molecule has 0 fully saturated rings. The Kier molecular flexibility index (Phi) is 5.10. The lowest BCUT2D eigenvalue weighted by Crippen LogP contribution is -2.09. The first kappa shape index (κ1) is 16.8. The number of hydrogen-bond acceptors (Lipinski definition) is 1. The van der Waals surface area contributed by atoms with Crippen molar-refractivity contribution in [1.82, 2.24) is 4.98 Å². The lowest BCUT2D eigenvalue weighted by molar-refractivity contribution is 0.807. The number of hydrogen-bond donors (Lipinski definition) is 0. The summed E-state index contributed by atoms with van der Waals surface area (Å²) in [5.41, 5.74) is 8.16. The zero-order chi connectivity index (χ0) is 16.4. The van der Waals surface area contributed by atoms with Gasteiger partial charge in [-0.3, -0.25) is 4.98 Å². The number of benzene rings is 1. The van der Waals surface area contributed by atoms with Gasteiger partial charge < -0.3 is 0 Å². The molecule has 22 heavy (non-hydrogen) atoms. The third-order valence-electron chi connectivity index (χ3n) is 4.32. The zero-order valence-electron chi connectivity index (χ0n) is 15.1. The van der Waals surface area contributed by atoms with Crippen molar-refractivity contribution in [2.45, 2.75) is 59.3 Å². The van der Waals surface area contributed by atoms with Crippen LogP contribution in [-0.4, -0.2) is 12.8 Å². The fraction of sp³-hybridized carbons (Fsp3) is 0.450. The highest BCUT2D eigenvalue weighted by atomic mass is 14.6. The molecular weight excluding hydrogens is 265 g/mol. The maximum atomic E-state index is 4.36. The normalized spacial score (nSPS) is 11.7. The minimum Gasteiger partial charge on any atom is -0.272 e. The Balaban J connectivity index is 2.79. The van der Waals surface area contributed by atoms with Crippen molar-refractivity contribution in [3.05, 3.63) is 47.2 Å². The Morgan fingerprint density at radius 3 is 1.77 bits per heavy atom. The molecule has 2 heteroatoms. The lowest BCUT2D eigenvalue weighted by atomic mass is 9.81. The van der Waals surface area contributed by atoms with Crippen LogP contribution in [0.1, 0.15) is 76.0 Å². The van der Waals surface area contributed by atoms with Crippen molar-refractivity contribution >= 4 is 13.4 Å². The predicted octanol–water partition coefficient (Wildman–Crippen LogP) is 4.38. The highest BCUT2D eigenvalue weighted by Gasteiger charge is 2.18. The summed E-state index contributed by atoms with van der Waals surface area (Å²) in [5.74, 6) is 1.59. The monoisotopic (exact) mass is 293 g/mol. The van der Waals surface area contributed by atoms with Gasteiger partial charge in [-0.2, -0.15) is 0 Å². The van der Waals surface area contributed by atoms with E-state index in [-0.39, 0.29) is 0 Å². The van der Waals surface area contributed by atoms with Crippen LogP contribution >= 0.6 is 0 Å². The summed E-state index contributed by atoms with van der Waals surface area (Å²) in [6.45, 7) is 13.7. The number of nitrogens with zero attached hydrogens (tertiary/aromatic N) is 1. The summed E-state index contributed by atoms with van der Waals surface area (Å²) >= 11 is 0. The standard InChI is InChI=1S/C20H28BN/c1-12(2)16-9-17(13(3)4)20(18(10-16)14(5)6)15-7-8-22-19(21)11-15/h7-14H,21H2,1-6H3. The summed E-state index contributed by atoms with van der Waals surface area (Å²) in [4.78, 5) is 4.36. The van der Waals surface area contributed by atoms with Gasteiger partial charge in [0.05, 0.1) is 0 Å². The topological polar surface area (TPSA) is 12.9 Å². The molecule has 0 aliphatic carbocycles. The summed E-state index contributed by atoms with van der Waals surface area (Å²) in [7, 11) is 2.07. The molecule has 0 radical (unpaired) electrons. The van der Waals surface area contributed by atoms with Crippen molar-refractivity contribution in [3.8, 4) is 11.1 Å². The molecule has 0 aliphatic heterocycles. The minimum atomic E-state index is 0.514. The van der Waals surface area contributed by atoms with Gasteiger partial charge >= 0.3 is 0 Å². The number of aromatic nitrogens is 1. The first-order valence-electron chi connectivity index (χ1n) is 8.42. The first-order chi connectivity index (χ1) is 10.3. The molecule has 1 aromatic carbocycles. The van der Waals surface area contributed by atoms with Crippen LogP contribution in [0.15, 0.2) is 30.5 Å². The average Bonchev–Trinajstić information content (AvgIpc) is 2.45. The molecule has 1 aromatic heterocycles. The molecule has 0 spiro atoms. The van der Waals surface area contributed by atoms with E-state index >= 15 is 0 Å². The SMILES string of the molecule is Bc1cc(-c2c(C(C)C)cc(C(C)C)cc2C(C)C)ccn1. The molecule has 0 N–H and O–H groups in total. The van der Waals surface area contributed by atoms with E-state index in [1.165, 1.54) is 27.8 Å². The molecule has 1 heterocycles. The largest absolute Gasteiger partial charge is 0.272 e. The molecule has 116 valence electrons. The fourth-order valence-corrected chi connectivity index (χ4v) is 2.99. The molecule has 2 aromatic rings. The van der Waals surface area contributed by atoms with Crippen LogP contribution in [0.2, 0.25) is 0 Å². The van der Waals surface area contributed by atoms with Gasteiger partial charge in [0.1, 0.15) is 0 Å². The maximum absolute atomic E-state index is 4.36. The molecule has 0 bridgehead atoms. The minimum absolute atomic E-state index is 0.514. The van der Waals surface area contributed by atoms with Crippen LogP contribution in [0.25, 0.3) is 11.1 Å². The molecule has 0 unspecified atom stereocenters. The van der Waals surface area contributed by atoms with Gasteiger partial charge in [-0.1, -0.05) is 53.7 Å². The molecular formula is C20H28BN. The highest BCUT2D eigenvalue weighted by molar-refractivity contribution is 6.30. The number of pyridine rings is 1. The van der Waals surface area contributed by atoms with Gasteiger partial charge in [-0.05, 0) is 63.3 Å². The van der Waals surface area contributed by atoms with E-state index in [2.05, 4.69) is 78.6 Å². The molecule has 2 rings (SSSR count). The van der Waals surface area contributed by atoms with Crippen LogP contribution in [0.5, 0.6) is 0 Å².